The topological polar surface area (TPSA) is 93.5 Å². The van der Waals surface area contributed by atoms with Crippen molar-refractivity contribution < 1.29 is 14.3 Å². The van der Waals surface area contributed by atoms with E-state index in [0.717, 1.165) is 36.8 Å². The summed E-state index contributed by atoms with van der Waals surface area (Å²) < 4.78 is 6.89. The fourth-order valence-corrected chi connectivity index (χ4v) is 4.01. The van der Waals surface area contributed by atoms with E-state index in [1.807, 2.05) is 6.20 Å². The number of nitrogens with one attached hydrogen (secondary N) is 1. The molecule has 2 aromatic heterocycles. The lowest BCUT2D eigenvalue weighted by molar-refractivity contribution is 0.0727. The first kappa shape index (κ1) is 18.8. The van der Waals surface area contributed by atoms with Crippen LogP contribution in [0.15, 0.2) is 29.3 Å². The van der Waals surface area contributed by atoms with Crippen molar-refractivity contribution in [2.75, 3.05) is 13.7 Å². The SMILES string of the molecule is COc1ccnc(C(=O)N2CCc3c(cn(C4CC4)c(=O)c3C(=O)NC3CC3)C2)c1. The molecule has 30 heavy (non-hydrogen) atoms. The van der Waals surface area contributed by atoms with Crippen LogP contribution in [0.2, 0.25) is 0 Å². The Bertz CT molecular complexity index is 1090. The smallest absolute Gasteiger partial charge is 0.272 e. The number of rotatable bonds is 5. The lowest BCUT2D eigenvalue weighted by Gasteiger charge is -2.30. The molecule has 2 aliphatic carbocycles. The fraction of sp³-hybridized carbons (Fsp3) is 0.455. The molecule has 0 bridgehead atoms. The molecule has 2 fully saturated rings. The van der Waals surface area contributed by atoms with Crippen molar-refractivity contribution >= 4 is 11.8 Å². The Morgan fingerprint density at radius 1 is 1.23 bits per heavy atom. The van der Waals surface area contributed by atoms with Crippen LogP contribution in [0.25, 0.3) is 0 Å². The molecule has 2 amide bonds. The van der Waals surface area contributed by atoms with Gasteiger partial charge in [-0.1, -0.05) is 0 Å². The predicted molar refractivity (Wildman–Crippen MR) is 109 cm³/mol. The number of carbonyl (C=O) groups excluding carboxylic acids is 2. The zero-order valence-corrected chi connectivity index (χ0v) is 16.9. The Labute approximate surface area is 173 Å². The molecule has 0 atom stereocenters. The summed E-state index contributed by atoms with van der Waals surface area (Å²) in [5, 5.41) is 2.96. The van der Waals surface area contributed by atoms with Gasteiger partial charge < -0.3 is 19.5 Å². The number of hydrogen-bond donors (Lipinski definition) is 1. The van der Waals surface area contributed by atoms with Crippen molar-refractivity contribution in [1.82, 2.24) is 19.8 Å². The molecule has 156 valence electrons. The number of fused-ring (bicyclic) bond motifs is 1. The second-order valence-corrected chi connectivity index (χ2v) is 8.26. The average molecular weight is 408 g/mol. The van der Waals surface area contributed by atoms with E-state index in [2.05, 4.69) is 10.3 Å². The van der Waals surface area contributed by atoms with Gasteiger partial charge in [-0.15, -0.1) is 0 Å². The van der Waals surface area contributed by atoms with Crippen LogP contribution in [-0.4, -0.2) is 46.0 Å². The number of amides is 2. The van der Waals surface area contributed by atoms with E-state index >= 15 is 0 Å². The molecule has 8 heteroatoms. The number of ether oxygens (including phenoxy) is 1. The Morgan fingerprint density at radius 2 is 2.03 bits per heavy atom. The van der Waals surface area contributed by atoms with Crippen LogP contribution < -0.4 is 15.6 Å². The normalized spacial score (nSPS) is 18.0. The summed E-state index contributed by atoms with van der Waals surface area (Å²) in [6.45, 7) is 0.783. The molecule has 2 aromatic rings. The minimum atomic E-state index is -0.275. The quantitative estimate of drug-likeness (QED) is 0.813. The molecule has 1 aliphatic heterocycles. The van der Waals surface area contributed by atoms with Crippen LogP contribution in [0.4, 0.5) is 0 Å². The minimum Gasteiger partial charge on any atom is -0.497 e. The van der Waals surface area contributed by atoms with Gasteiger partial charge in [0.25, 0.3) is 17.4 Å². The maximum atomic E-state index is 13.1. The van der Waals surface area contributed by atoms with Crippen LogP contribution >= 0.6 is 0 Å². The number of nitrogens with zero attached hydrogens (tertiary/aromatic N) is 3. The number of aromatic nitrogens is 2. The van der Waals surface area contributed by atoms with Crippen LogP contribution in [0, 0.1) is 0 Å². The lowest BCUT2D eigenvalue weighted by atomic mass is 9.95. The summed E-state index contributed by atoms with van der Waals surface area (Å²) in [4.78, 5) is 44.8. The zero-order valence-electron chi connectivity index (χ0n) is 16.9. The maximum absolute atomic E-state index is 13.1. The van der Waals surface area contributed by atoms with Gasteiger partial charge in [-0.05, 0) is 49.3 Å². The Hall–Kier alpha value is -3.16. The molecule has 0 spiro atoms. The monoisotopic (exact) mass is 408 g/mol. The first-order valence-corrected chi connectivity index (χ1v) is 10.4. The maximum Gasteiger partial charge on any atom is 0.272 e. The summed E-state index contributed by atoms with van der Waals surface area (Å²) in [6, 6.07) is 3.66. The third-order valence-electron chi connectivity index (χ3n) is 5.98. The van der Waals surface area contributed by atoms with Crippen molar-refractivity contribution in [3.63, 3.8) is 0 Å². The van der Waals surface area contributed by atoms with Gasteiger partial charge in [0.15, 0.2) is 0 Å². The highest BCUT2D eigenvalue weighted by atomic mass is 16.5. The van der Waals surface area contributed by atoms with Gasteiger partial charge >= 0.3 is 0 Å². The van der Waals surface area contributed by atoms with Crippen molar-refractivity contribution in [3.8, 4) is 5.75 Å². The van der Waals surface area contributed by atoms with Crippen molar-refractivity contribution in [2.45, 2.75) is 50.7 Å². The average Bonchev–Trinajstić information content (AvgIpc) is 3.67. The van der Waals surface area contributed by atoms with Gasteiger partial charge in [-0.2, -0.15) is 0 Å². The van der Waals surface area contributed by atoms with E-state index in [1.165, 1.54) is 0 Å². The molecule has 3 aliphatic rings. The van der Waals surface area contributed by atoms with Crippen molar-refractivity contribution in [1.29, 1.82) is 0 Å². The Balaban J connectivity index is 1.48. The van der Waals surface area contributed by atoms with Gasteiger partial charge in [-0.25, -0.2) is 0 Å². The first-order valence-electron chi connectivity index (χ1n) is 10.4. The Morgan fingerprint density at radius 3 is 2.73 bits per heavy atom. The van der Waals surface area contributed by atoms with E-state index in [9.17, 15) is 14.4 Å². The van der Waals surface area contributed by atoms with E-state index in [-0.39, 0.29) is 35.0 Å². The molecule has 5 rings (SSSR count). The summed E-state index contributed by atoms with van der Waals surface area (Å²) in [7, 11) is 1.55. The predicted octanol–water partition coefficient (Wildman–Crippen LogP) is 1.68. The van der Waals surface area contributed by atoms with Gasteiger partial charge in [0.2, 0.25) is 0 Å². The highest BCUT2D eigenvalue weighted by Crippen LogP contribution is 2.35. The number of methoxy groups -OCH3 is 1. The van der Waals surface area contributed by atoms with Crippen LogP contribution in [0.3, 0.4) is 0 Å². The largest absolute Gasteiger partial charge is 0.497 e. The third kappa shape index (κ3) is 3.46. The lowest BCUT2D eigenvalue weighted by Crippen LogP contribution is -2.41. The van der Waals surface area contributed by atoms with Crippen molar-refractivity contribution in [2.24, 2.45) is 0 Å². The molecule has 8 nitrogen and oxygen atoms in total. The second-order valence-electron chi connectivity index (χ2n) is 8.26. The van der Waals surface area contributed by atoms with E-state index in [0.29, 0.717) is 31.0 Å². The van der Waals surface area contributed by atoms with Crippen molar-refractivity contribution in [3.05, 3.63) is 57.3 Å². The molecule has 0 saturated heterocycles. The highest BCUT2D eigenvalue weighted by Gasteiger charge is 2.34. The van der Waals surface area contributed by atoms with Gasteiger partial charge in [0.05, 0.1) is 7.11 Å². The zero-order chi connectivity index (χ0) is 20.8. The van der Waals surface area contributed by atoms with Gasteiger partial charge in [0.1, 0.15) is 17.0 Å². The molecule has 1 N–H and O–H groups in total. The molecule has 0 unspecified atom stereocenters. The Kier molecular flexibility index (Phi) is 4.56. The third-order valence-corrected chi connectivity index (χ3v) is 5.98. The molecule has 2 saturated carbocycles. The fourth-order valence-electron chi connectivity index (χ4n) is 4.01. The second kappa shape index (κ2) is 7.27. The van der Waals surface area contributed by atoms with Crippen LogP contribution in [0.1, 0.15) is 63.7 Å². The number of hydrogen-bond acceptors (Lipinski definition) is 5. The van der Waals surface area contributed by atoms with Gasteiger partial charge in [0, 0.05) is 43.6 Å². The molecule has 0 aromatic carbocycles. The van der Waals surface area contributed by atoms with E-state index < -0.39 is 0 Å². The summed E-state index contributed by atoms with van der Waals surface area (Å²) >= 11 is 0. The summed E-state index contributed by atoms with van der Waals surface area (Å²) in [5.74, 6) is 0.114. The summed E-state index contributed by atoms with van der Waals surface area (Å²) in [5.41, 5.74) is 2.02. The highest BCUT2D eigenvalue weighted by molar-refractivity contribution is 5.96. The number of pyridine rings is 2. The first-order chi connectivity index (χ1) is 14.5. The van der Waals surface area contributed by atoms with E-state index in [4.69, 9.17) is 4.74 Å². The van der Waals surface area contributed by atoms with Gasteiger partial charge in [-0.3, -0.25) is 19.4 Å². The minimum absolute atomic E-state index is 0.154. The molecular formula is C22H24N4O4. The van der Waals surface area contributed by atoms with Crippen LogP contribution in [-0.2, 0) is 13.0 Å². The summed E-state index contributed by atoms with van der Waals surface area (Å²) in [6.07, 6.45) is 7.69. The number of carbonyl (C=O) groups is 2. The molecular weight excluding hydrogens is 384 g/mol. The molecule has 3 heterocycles. The van der Waals surface area contributed by atoms with Crippen LogP contribution in [0.5, 0.6) is 5.75 Å². The van der Waals surface area contributed by atoms with E-state index in [1.54, 1.807) is 34.9 Å². The standard InChI is InChI=1S/C22H24N4O4/c1-30-16-6-8-23-18(10-16)21(28)25-9-7-17-13(11-25)12-26(15-4-5-15)22(29)19(17)20(27)24-14-2-3-14/h6,8,10,12,14-15H,2-5,7,9,11H2,1H3,(H,24,27). The molecule has 0 radical (unpaired) electrons.